The average Bonchev–Trinajstić information content (AvgIpc) is 3.39. The van der Waals surface area contributed by atoms with E-state index in [1.54, 1.807) is 24.3 Å². The Bertz CT molecular complexity index is 1310. The molecule has 5 rings (SSSR count). The lowest BCUT2D eigenvalue weighted by atomic mass is 9.75. The van der Waals surface area contributed by atoms with Crippen LogP contribution in [0.15, 0.2) is 60.2 Å². The van der Waals surface area contributed by atoms with Gasteiger partial charge in [-0.1, -0.05) is 57.5 Å². The number of ether oxygens (including phenoxy) is 2. The van der Waals surface area contributed by atoms with Crippen molar-refractivity contribution in [3.8, 4) is 5.75 Å². The first-order chi connectivity index (χ1) is 20.7. The molecule has 0 saturated heterocycles. The number of amides is 2. The van der Waals surface area contributed by atoms with Crippen molar-refractivity contribution in [1.82, 2.24) is 10.2 Å². The number of fused-ring (bicyclic) bond motifs is 3. The summed E-state index contributed by atoms with van der Waals surface area (Å²) in [6.07, 6.45) is 2.69. The summed E-state index contributed by atoms with van der Waals surface area (Å²) in [5, 5.41) is 23.8. The van der Waals surface area contributed by atoms with E-state index in [2.05, 4.69) is 26.1 Å². The molecule has 2 aliphatic carbocycles. The van der Waals surface area contributed by atoms with Gasteiger partial charge in [0.25, 0.3) is 0 Å². The summed E-state index contributed by atoms with van der Waals surface area (Å²) in [4.78, 5) is 29.0. The highest BCUT2D eigenvalue weighted by Crippen LogP contribution is 2.47. The van der Waals surface area contributed by atoms with Crippen LogP contribution in [0, 0.1) is 23.6 Å². The Labute approximate surface area is 252 Å². The van der Waals surface area contributed by atoms with Gasteiger partial charge in [-0.25, -0.2) is 4.39 Å². The van der Waals surface area contributed by atoms with Crippen molar-refractivity contribution >= 4 is 11.8 Å². The molecule has 232 valence electrons. The number of benzene rings is 2. The number of carbonyl (C=O) groups is 2. The lowest BCUT2D eigenvalue weighted by Gasteiger charge is -2.41. The minimum atomic E-state index is -1.16. The summed E-state index contributed by atoms with van der Waals surface area (Å²) < 4.78 is 26.3. The van der Waals surface area contributed by atoms with Crippen LogP contribution in [-0.4, -0.2) is 71.0 Å². The maximum Gasteiger partial charge on any atom is 0.249 e. The standard InChI is InChI=1S/C34H43FN2O6/c1-20(2)24-13-8-21(3)16-29(24)42-19-30(39)37(18-22-9-11-23(35)12-10-22)27-17-26(34(41)36-14-15-38)31-25-6-4-5-7-28(25)43-33(31)32(27)40/h4-7,9-12,17,20-21,24,27,29,31-33,38,40H,8,13-16,18-19H2,1-3H3,(H,36,41). The molecule has 1 aliphatic heterocycles. The fourth-order valence-corrected chi connectivity index (χ4v) is 6.91. The van der Waals surface area contributed by atoms with Crippen LogP contribution in [0.2, 0.25) is 0 Å². The summed E-state index contributed by atoms with van der Waals surface area (Å²) >= 11 is 0. The molecule has 0 aromatic heterocycles. The Hall–Kier alpha value is -3.27. The van der Waals surface area contributed by atoms with E-state index in [1.165, 1.54) is 17.0 Å². The van der Waals surface area contributed by atoms with Crippen molar-refractivity contribution in [2.75, 3.05) is 19.8 Å². The number of nitrogens with zero attached hydrogens (tertiary/aromatic N) is 1. The third-order valence-electron chi connectivity index (χ3n) is 9.21. The molecule has 1 fully saturated rings. The maximum atomic E-state index is 14.0. The van der Waals surface area contributed by atoms with E-state index in [9.17, 15) is 24.2 Å². The van der Waals surface area contributed by atoms with Crippen molar-refractivity contribution in [3.05, 3.63) is 77.1 Å². The van der Waals surface area contributed by atoms with Crippen molar-refractivity contribution in [2.24, 2.45) is 17.8 Å². The van der Waals surface area contributed by atoms with E-state index >= 15 is 0 Å². The van der Waals surface area contributed by atoms with Gasteiger partial charge < -0.3 is 29.9 Å². The highest BCUT2D eigenvalue weighted by atomic mass is 19.1. The minimum absolute atomic E-state index is 0.0518. The number of carbonyl (C=O) groups excluding carboxylic acids is 2. The van der Waals surface area contributed by atoms with Crippen LogP contribution in [-0.2, 0) is 20.9 Å². The average molecular weight is 595 g/mol. The van der Waals surface area contributed by atoms with Gasteiger partial charge in [0, 0.05) is 24.2 Å². The molecule has 2 amide bonds. The first-order valence-electron chi connectivity index (χ1n) is 15.4. The number of para-hydroxylation sites is 1. The number of rotatable bonds is 10. The lowest BCUT2D eigenvalue weighted by Crippen LogP contribution is -2.56. The zero-order chi connectivity index (χ0) is 30.7. The molecule has 7 atom stereocenters. The molecule has 1 saturated carbocycles. The van der Waals surface area contributed by atoms with E-state index in [1.807, 2.05) is 18.2 Å². The number of aliphatic hydroxyl groups is 2. The minimum Gasteiger partial charge on any atom is -0.486 e. The molecule has 0 bridgehead atoms. The Kier molecular flexibility index (Phi) is 9.84. The number of hydrogen-bond donors (Lipinski definition) is 3. The zero-order valence-electron chi connectivity index (χ0n) is 25.1. The highest BCUT2D eigenvalue weighted by molar-refractivity contribution is 5.96. The zero-order valence-corrected chi connectivity index (χ0v) is 25.1. The van der Waals surface area contributed by atoms with Gasteiger partial charge in [0.15, 0.2) is 0 Å². The van der Waals surface area contributed by atoms with Gasteiger partial charge in [-0.2, -0.15) is 0 Å². The molecule has 9 heteroatoms. The Morgan fingerprint density at radius 2 is 1.88 bits per heavy atom. The largest absolute Gasteiger partial charge is 0.486 e. The second kappa shape index (κ2) is 13.6. The molecule has 0 radical (unpaired) electrons. The first-order valence-corrected chi connectivity index (χ1v) is 15.4. The lowest BCUT2D eigenvalue weighted by molar-refractivity contribution is -0.148. The normalized spacial score (nSPS) is 28.0. The fourth-order valence-electron chi connectivity index (χ4n) is 6.91. The van der Waals surface area contributed by atoms with E-state index in [4.69, 9.17) is 9.47 Å². The van der Waals surface area contributed by atoms with E-state index in [-0.39, 0.29) is 38.3 Å². The maximum absolute atomic E-state index is 14.0. The van der Waals surface area contributed by atoms with Gasteiger partial charge in [-0.15, -0.1) is 0 Å². The molecule has 8 nitrogen and oxygen atoms in total. The topological polar surface area (TPSA) is 108 Å². The SMILES string of the molecule is CC1CCC(C(C)C)C(OCC(=O)N(Cc2ccc(F)cc2)C2C=C(C(=O)NCCO)C3c4ccccc4OC3C2O)C1. The molecular formula is C34H43FN2O6. The summed E-state index contributed by atoms with van der Waals surface area (Å²) in [7, 11) is 0. The fraction of sp³-hybridized carbons (Fsp3) is 0.529. The third-order valence-corrected chi connectivity index (χ3v) is 9.21. The van der Waals surface area contributed by atoms with E-state index in [0.29, 0.717) is 34.6 Å². The van der Waals surface area contributed by atoms with E-state index < -0.39 is 35.9 Å². The summed E-state index contributed by atoms with van der Waals surface area (Å²) in [6, 6.07) is 12.3. The summed E-state index contributed by atoms with van der Waals surface area (Å²) in [6.45, 7) is 6.30. The predicted molar refractivity (Wildman–Crippen MR) is 160 cm³/mol. The van der Waals surface area contributed by atoms with Crippen LogP contribution >= 0.6 is 0 Å². The van der Waals surface area contributed by atoms with Crippen molar-refractivity contribution in [1.29, 1.82) is 0 Å². The van der Waals surface area contributed by atoms with Gasteiger partial charge in [-0.3, -0.25) is 9.59 Å². The van der Waals surface area contributed by atoms with Crippen LogP contribution < -0.4 is 10.1 Å². The third kappa shape index (κ3) is 6.79. The second-order valence-corrected chi connectivity index (χ2v) is 12.5. The van der Waals surface area contributed by atoms with Crippen molar-refractivity contribution < 1.29 is 33.7 Å². The number of halogens is 1. The molecule has 2 aromatic carbocycles. The van der Waals surface area contributed by atoms with Crippen LogP contribution in [0.25, 0.3) is 0 Å². The summed E-state index contributed by atoms with van der Waals surface area (Å²) in [5.41, 5.74) is 1.81. The molecule has 3 N–H and O–H groups in total. The molecule has 2 aromatic rings. The molecule has 1 heterocycles. The quantitative estimate of drug-likeness (QED) is 0.385. The molecular weight excluding hydrogens is 551 g/mol. The molecule has 7 unspecified atom stereocenters. The Morgan fingerprint density at radius 3 is 2.60 bits per heavy atom. The predicted octanol–water partition coefficient (Wildman–Crippen LogP) is 3.95. The van der Waals surface area contributed by atoms with Crippen LogP contribution in [0.1, 0.15) is 57.1 Å². The van der Waals surface area contributed by atoms with Gasteiger partial charge in [-0.05, 0) is 60.4 Å². The smallest absolute Gasteiger partial charge is 0.249 e. The molecule has 0 spiro atoms. The van der Waals surface area contributed by atoms with Crippen molar-refractivity contribution in [3.63, 3.8) is 0 Å². The summed E-state index contributed by atoms with van der Waals surface area (Å²) in [5.74, 6) is 0.173. The van der Waals surface area contributed by atoms with Crippen molar-refractivity contribution in [2.45, 2.75) is 76.9 Å². The van der Waals surface area contributed by atoms with Crippen LogP contribution in [0.5, 0.6) is 5.75 Å². The van der Waals surface area contributed by atoms with Gasteiger partial charge in [0.2, 0.25) is 11.8 Å². The van der Waals surface area contributed by atoms with Crippen LogP contribution in [0.3, 0.4) is 0 Å². The number of nitrogens with one attached hydrogen (secondary N) is 1. The number of hydrogen-bond acceptors (Lipinski definition) is 6. The first kappa shape index (κ1) is 31.2. The highest BCUT2D eigenvalue weighted by Gasteiger charge is 2.50. The van der Waals surface area contributed by atoms with Gasteiger partial charge in [0.05, 0.1) is 24.7 Å². The second-order valence-electron chi connectivity index (χ2n) is 12.5. The van der Waals surface area contributed by atoms with Crippen LogP contribution in [0.4, 0.5) is 4.39 Å². The molecule has 43 heavy (non-hydrogen) atoms. The van der Waals surface area contributed by atoms with Gasteiger partial charge in [0.1, 0.15) is 30.4 Å². The van der Waals surface area contributed by atoms with E-state index in [0.717, 1.165) is 24.8 Å². The number of aliphatic hydroxyl groups excluding tert-OH is 2. The monoisotopic (exact) mass is 594 g/mol. The Morgan fingerprint density at radius 1 is 1.14 bits per heavy atom. The molecule has 3 aliphatic rings. The van der Waals surface area contributed by atoms with Gasteiger partial charge >= 0.3 is 0 Å². The Balaban J connectivity index is 1.47.